The molecule has 2 rings (SSSR count). The van der Waals surface area contributed by atoms with E-state index in [1.165, 1.54) is 6.20 Å². The van der Waals surface area contributed by atoms with Crippen LogP contribution in [0.3, 0.4) is 0 Å². The SMILES string of the molecule is CCN(Cc1ccc(OC)c(OC)c1)c1ncc(C#N)cc1Cl. The summed E-state index contributed by atoms with van der Waals surface area (Å²) in [5.41, 5.74) is 1.49. The molecule has 0 saturated heterocycles. The van der Waals surface area contributed by atoms with Crippen LogP contribution >= 0.6 is 11.6 Å². The first-order valence-corrected chi connectivity index (χ1v) is 7.52. The van der Waals surface area contributed by atoms with E-state index in [1.807, 2.05) is 36.1 Å². The largest absolute Gasteiger partial charge is 0.493 e. The van der Waals surface area contributed by atoms with Gasteiger partial charge in [0.1, 0.15) is 11.9 Å². The fourth-order valence-electron chi connectivity index (χ4n) is 2.26. The van der Waals surface area contributed by atoms with Crippen molar-refractivity contribution in [2.75, 3.05) is 25.7 Å². The molecule has 0 fully saturated rings. The van der Waals surface area contributed by atoms with E-state index < -0.39 is 0 Å². The molecule has 0 atom stereocenters. The second-order valence-corrected chi connectivity index (χ2v) is 5.25. The summed E-state index contributed by atoms with van der Waals surface area (Å²) in [6, 6.07) is 9.43. The molecule has 0 N–H and O–H groups in total. The minimum atomic E-state index is 0.445. The van der Waals surface area contributed by atoms with Crippen LogP contribution in [-0.2, 0) is 6.54 Å². The van der Waals surface area contributed by atoms with Crippen molar-refractivity contribution in [2.24, 2.45) is 0 Å². The Labute approximate surface area is 141 Å². The molecule has 1 aromatic heterocycles. The van der Waals surface area contributed by atoms with Gasteiger partial charge >= 0.3 is 0 Å². The number of aromatic nitrogens is 1. The summed E-state index contributed by atoms with van der Waals surface area (Å²) in [5, 5.41) is 9.37. The highest BCUT2D eigenvalue weighted by Crippen LogP contribution is 2.30. The first-order chi connectivity index (χ1) is 11.1. The number of hydrogen-bond donors (Lipinski definition) is 0. The third-order valence-corrected chi connectivity index (χ3v) is 3.73. The molecule has 0 bridgehead atoms. The Morgan fingerprint density at radius 1 is 1.22 bits per heavy atom. The molecule has 0 aliphatic carbocycles. The molecule has 120 valence electrons. The maximum absolute atomic E-state index is 8.90. The van der Waals surface area contributed by atoms with Gasteiger partial charge in [0, 0.05) is 19.3 Å². The lowest BCUT2D eigenvalue weighted by molar-refractivity contribution is 0.354. The Morgan fingerprint density at radius 2 is 1.96 bits per heavy atom. The maximum atomic E-state index is 8.90. The van der Waals surface area contributed by atoms with Gasteiger partial charge < -0.3 is 14.4 Å². The minimum Gasteiger partial charge on any atom is -0.493 e. The van der Waals surface area contributed by atoms with Gasteiger partial charge in [-0.05, 0) is 30.7 Å². The summed E-state index contributed by atoms with van der Waals surface area (Å²) < 4.78 is 10.6. The van der Waals surface area contributed by atoms with Crippen LogP contribution < -0.4 is 14.4 Å². The van der Waals surface area contributed by atoms with Gasteiger partial charge in [0.25, 0.3) is 0 Å². The van der Waals surface area contributed by atoms with E-state index in [-0.39, 0.29) is 0 Å². The Hall–Kier alpha value is -2.45. The van der Waals surface area contributed by atoms with Gasteiger partial charge in [0.05, 0.1) is 24.8 Å². The summed E-state index contributed by atoms with van der Waals surface area (Å²) in [7, 11) is 3.22. The standard InChI is InChI=1S/C17H18ClN3O2/c1-4-21(17-14(18)7-13(9-19)10-20-17)11-12-5-6-15(22-2)16(8-12)23-3/h5-8,10H,4,11H2,1-3H3. The van der Waals surface area contributed by atoms with E-state index in [4.69, 9.17) is 26.3 Å². The van der Waals surface area contributed by atoms with Crippen LogP contribution in [0.2, 0.25) is 5.02 Å². The normalized spacial score (nSPS) is 10.0. The summed E-state index contributed by atoms with van der Waals surface area (Å²) in [5.74, 6) is 2.02. The zero-order valence-electron chi connectivity index (χ0n) is 13.3. The number of methoxy groups -OCH3 is 2. The van der Waals surface area contributed by atoms with Gasteiger partial charge in [-0.25, -0.2) is 4.98 Å². The Morgan fingerprint density at radius 3 is 2.52 bits per heavy atom. The molecule has 5 nitrogen and oxygen atoms in total. The number of nitriles is 1. The molecule has 0 aliphatic rings. The number of anilines is 1. The lowest BCUT2D eigenvalue weighted by Crippen LogP contribution is -2.23. The van der Waals surface area contributed by atoms with Crippen LogP contribution in [0.15, 0.2) is 30.5 Å². The van der Waals surface area contributed by atoms with Crippen LogP contribution in [0.4, 0.5) is 5.82 Å². The quantitative estimate of drug-likeness (QED) is 0.808. The minimum absolute atomic E-state index is 0.445. The van der Waals surface area contributed by atoms with Crippen LogP contribution in [0.25, 0.3) is 0 Å². The first kappa shape index (κ1) is 16.9. The number of nitrogens with zero attached hydrogens (tertiary/aromatic N) is 3. The zero-order valence-corrected chi connectivity index (χ0v) is 14.1. The van der Waals surface area contributed by atoms with Crippen molar-refractivity contribution in [1.29, 1.82) is 5.26 Å². The Kier molecular flexibility index (Phi) is 5.67. The molecule has 0 amide bonds. The van der Waals surface area contributed by atoms with E-state index in [0.29, 0.717) is 34.4 Å². The number of ether oxygens (including phenoxy) is 2. The molecule has 2 aromatic rings. The van der Waals surface area contributed by atoms with Crippen molar-refractivity contribution in [3.8, 4) is 17.6 Å². The van der Waals surface area contributed by atoms with Crippen LogP contribution in [0.5, 0.6) is 11.5 Å². The summed E-state index contributed by atoms with van der Waals surface area (Å²) >= 11 is 6.25. The third kappa shape index (κ3) is 3.85. The van der Waals surface area contributed by atoms with Crippen LogP contribution in [-0.4, -0.2) is 25.7 Å². The lowest BCUT2D eigenvalue weighted by atomic mass is 10.2. The molecule has 0 aliphatic heterocycles. The Balaban J connectivity index is 2.28. The summed E-state index contributed by atoms with van der Waals surface area (Å²) in [6.07, 6.45) is 1.53. The number of hydrogen-bond acceptors (Lipinski definition) is 5. The van der Waals surface area contributed by atoms with E-state index >= 15 is 0 Å². The second-order valence-electron chi connectivity index (χ2n) is 4.84. The summed E-state index contributed by atoms with van der Waals surface area (Å²) in [4.78, 5) is 6.34. The Bertz CT molecular complexity index is 728. The van der Waals surface area contributed by atoms with Crippen molar-refractivity contribution >= 4 is 17.4 Å². The average Bonchev–Trinajstić information content (AvgIpc) is 2.59. The highest BCUT2D eigenvalue weighted by Gasteiger charge is 2.13. The van der Waals surface area contributed by atoms with Crippen LogP contribution in [0, 0.1) is 11.3 Å². The zero-order chi connectivity index (χ0) is 16.8. The third-order valence-electron chi connectivity index (χ3n) is 3.45. The molecule has 0 saturated carbocycles. The molecule has 6 heteroatoms. The molecular weight excluding hydrogens is 314 g/mol. The van der Waals surface area contributed by atoms with E-state index in [1.54, 1.807) is 20.3 Å². The van der Waals surface area contributed by atoms with Gasteiger partial charge in [-0.15, -0.1) is 0 Å². The van der Waals surface area contributed by atoms with Crippen molar-refractivity contribution in [3.05, 3.63) is 46.6 Å². The molecule has 1 heterocycles. The molecular formula is C17H18ClN3O2. The predicted octanol–water partition coefficient (Wildman–Crippen LogP) is 3.65. The van der Waals surface area contributed by atoms with Crippen molar-refractivity contribution in [3.63, 3.8) is 0 Å². The predicted molar refractivity (Wildman–Crippen MR) is 90.2 cm³/mol. The number of halogens is 1. The van der Waals surface area contributed by atoms with E-state index in [0.717, 1.165) is 12.1 Å². The molecule has 1 aromatic carbocycles. The van der Waals surface area contributed by atoms with Gasteiger partial charge in [0.2, 0.25) is 0 Å². The fourth-order valence-corrected chi connectivity index (χ4v) is 2.55. The van der Waals surface area contributed by atoms with Crippen molar-refractivity contribution in [1.82, 2.24) is 4.98 Å². The van der Waals surface area contributed by atoms with E-state index in [9.17, 15) is 0 Å². The molecule has 0 unspecified atom stereocenters. The highest BCUT2D eigenvalue weighted by atomic mass is 35.5. The first-order valence-electron chi connectivity index (χ1n) is 7.14. The number of rotatable bonds is 6. The highest BCUT2D eigenvalue weighted by molar-refractivity contribution is 6.33. The van der Waals surface area contributed by atoms with Gasteiger partial charge in [0.15, 0.2) is 11.5 Å². The summed E-state index contributed by atoms with van der Waals surface area (Å²) in [6.45, 7) is 3.37. The molecule has 0 radical (unpaired) electrons. The van der Waals surface area contributed by atoms with Gasteiger partial charge in [-0.1, -0.05) is 17.7 Å². The smallest absolute Gasteiger partial charge is 0.161 e. The lowest BCUT2D eigenvalue weighted by Gasteiger charge is -2.23. The van der Waals surface area contributed by atoms with Crippen molar-refractivity contribution < 1.29 is 9.47 Å². The van der Waals surface area contributed by atoms with Crippen LogP contribution in [0.1, 0.15) is 18.1 Å². The number of pyridine rings is 1. The van der Waals surface area contributed by atoms with Gasteiger partial charge in [-0.2, -0.15) is 5.26 Å². The second kappa shape index (κ2) is 7.70. The fraction of sp³-hybridized carbons (Fsp3) is 0.294. The average molecular weight is 332 g/mol. The molecule has 0 spiro atoms. The van der Waals surface area contributed by atoms with Crippen molar-refractivity contribution in [2.45, 2.75) is 13.5 Å². The molecule has 23 heavy (non-hydrogen) atoms. The topological polar surface area (TPSA) is 58.4 Å². The van der Waals surface area contributed by atoms with Gasteiger partial charge in [-0.3, -0.25) is 0 Å². The maximum Gasteiger partial charge on any atom is 0.161 e. The monoisotopic (exact) mass is 331 g/mol. The number of benzene rings is 1. The van der Waals surface area contributed by atoms with E-state index in [2.05, 4.69) is 4.98 Å².